The molecule has 1 saturated heterocycles. The van der Waals surface area contributed by atoms with E-state index in [4.69, 9.17) is 17.7 Å². The van der Waals surface area contributed by atoms with Crippen LogP contribution in [0.2, 0.25) is 19.1 Å². The Morgan fingerprint density at radius 1 is 0.885 bits per heavy atom. The predicted molar refractivity (Wildman–Crippen MR) is 112 cm³/mol. The van der Waals surface area contributed by atoms with Crippen molar-refractivity contribution in [3.8, 4) is 0 Å². The summed E-state index contributed by atoms with van der Waals surface area (Å²) in [5.41, 5.74) is 0.496. The number of rotatable bonds is 16. The zero-order valence-corrected chi connectivity index (χ0v) is 19.9. The van der Waals surface area contributed by atoms with Gasteiger partial charge in [-0.1, -0.05) is 0 Å². The minimum Gasteiger partial charge on any atom is -0.395 e. The van der Waals surface area contributed by atoms with Crippen molar-refractivity contribution in [2.75, 3.05) is 52.6 Å². The normalized spacial score (nSPS) is 18.9. The molecule has 1 unspecified atom stereocenters. The zero-order chi connectivity index (χ0) is 19.5. The van der Waals surface area contributed by atoms with Gasteiger partial charge in [-0.05, 0) is 72.8 Å². The van der Waals surface area contributed by atoms with Gasteiger partial charge in [-0.25, -0.2) is 0 Å². The quantitative estimate of drug-likeness (QED) is 0.314. The van der Waals surface area contributed by atoms with Crippen LogP contribution in [-0.4, -0.2) is 80.3 Å². The van der Waals surface area contributed by atoms with Crippen LogP contribution in [-0.2, 0) is 17.7 Å². The fourth-order valence-corrected chi connectivity index (χ4v) is 9.39. The lowest BCUT2D eigenvalue weighted by Crippen LogP contribution is -2.66. The van der Waals surface area contributed by atoms with Crippen molar-refractivity contribution in [3.63, 3.8) is 0 Å². The van der Waals surface area contributed by atoms with Crippen LogP contribution in [0.15, 0.2) is 0 Å². The van der Waals surface area contributed by atoms with Crippen molar-refractivity contribution in [2.45, 2.75) is 65.3 Å². The SMILES string of the molecule is CCO[Si](C)(CCCNCCN1CCC1[Si](C)(OCC)OCC)OCC. The zero-order valence-electron chi connectivity index (χ0n) is 17.9. The van der Waals surface area contributed by atoms with Crippen LogP contribution in [0.4, 0.5) is 0 Å². The Morgan fingerprint density at radius 2 is 1.46 bits per heavy atom. The lowest BCUT2D eigenvalue weighted by molar-refractivity contribution is 0.0759. The van der Waals surface area contributed by atoms with E-state index in [1.807, 2.05) is 13.8 Å². The van der Waals surface area contributed by atoms with Crippen LogP contribution < -0.4 is 5.32 Å². The van der Waals surface area contributed by atoms with Gasteiger partial charge in [0.25, 0.3) is 0 Å². The first-order valence-electron chi connectivity index (χ1n) is 10.4. The molecule has 0 aromatic heterocycles. The molecular formula is C18H42N2O4Si2. The van der Waals surface area contributed by atoms with Gasteiger partial charge in [-0.2, -0.15) is 0 Å². The third-order valence-electron chi connectivity index (χ3n) is 5.06. The van der Waals surface area contributed by atoms with Crippen LogP contribution >= 0.6 is 0 Å². The van der Waals surface area contributed by atoms with Crippen LogP contribution in [0.25, 0.3) is 0 Å². The minimum absolute atomic E-state index is 0.496. The van der Waals surface area contributed by atoms with Crippen LogP contribution in [0.1, 0.15) is 40.5 Å². The van der Waals surface area contributed by atoms with E-state index >= 15 is 0 Å². The standard InChI is InChI=1S/C18H42N2O4Si2/c1-7-21-25(5,22-8-2)17-11-13-19-14-16-20-15-12-18(20)26(6,23-9-3)24-10-4/h18-19H,7-17H2,1-6H3. The van der Waals surface area contributed by atoms with Crippen LogP contribution in [0.5, 0.6) is 0 Å². The van der Waals surface area contributed by atoms with Gasteiger partial charge in [0.2, 0.25) is 0 Å². The largest absolute Gasteiger partial charge is 0.395 e. The highest BCUT2D eigenvalue weighted by Gasteiger charge is 2.48. The number of nitrogens with one attached hydrogen (secondary N) is 1. The molecule has 0 amide bonds. The van der Waals surface area contributed by atoms with E-state index in [0.717, 1.165) is 65.1 Å². The summed E-state index contributed by atoms with van der Waals surface area (Å²) in [6, 6.07) is 1.05. The summed E-state index contributed by atoms with van der Waals surface area (Å²) in [5, 5.41) is 3.58. The number of hydrogen-bond acceptors (Lipinski definition) is 6. The van der Waals surface area contributed by atoms with Gasteiger partial charge in [-0.15, -0.1) is 0 Å². The van der Waals surface area contributed by atoms with E-state index in [1.165, 1.54) is 6.42 Å². The molecule has 0 radical (unpaired) electrons. The maximum atomic E-state index is 6.06. The average molecular weight is 407 g/mol. The fraction of sp³-hybridized carbons (Fsp3) is 1.00. The molecule has 0 aliphatic carbocycles. The summed E-state index contributed by atoms with van der Waals surface area (Å²) < 4.78 is 23.9. The summed E-state index contributed by atoms with van der Waals surface area (Å²) in [5.74, 6) is 0. The maximum Gasteiger partial charge on any atom is 0.352 e. The highest BCUT2D eigenvalue weighted by atomic mass is 28.4. The monoisotopic (exact) mass is 406 g/mol. The lowest BCUT2D eigenvalue weighted by atomic mass is 10.2. The molecule has 156 valence electrons. The number of hydrogen-bond donors (Lipinski definition) is 1. The lowest BCUT2D eigenvalue weighted by Gasteiger charge is -2.48. The third kappa shape index (κ3) is 7.67. The Balaban J connectivity index is 2.25. The van der Waals surface area contributed by atoms with E-state index in [-0.39, 0.29) is 0 Å². The Kier molecular flexibility index (Phi) is 11.8. The van der Waals surface area contributed by atoms with E-state index in [9.17, 15) is 0 Å². The molecule has 1 atom stereocenters. The Hall–Kier alpha value is 0.194. The van der Waals surface area contributed by atoms with E-state index in [1.54, 1.807) is 0 Å². The molecule has 0 bridgehead atoms. The third-order valence-corrected chi connectivity index (χ3v) is 11.7. The van der Waals surface area contributed by atoms with Crippen molar-refractivity contribution in [1.82, 2.24) is 10.2 Å². The van der Waals surface area contributed by atoms with E-state index < -0.39 is 17.1 Å². The number of likely N-dealkylation sites (tertiary alicyclic amines) is 1. The molecule has 1 rings (SSSR count). The first kappa shape index (κ1) is 24.2. The molecule has 0 saturated carbocycles. The minimum atomic E-state index is -2.08. The maximum absolute atomic E-state index is 6.06. The highest BCUT2D eigenvalue weighted by molar-refractivity contribution is 6.68. The molecule has 0 aromatic carbocycles. The summed E-state index contributed by atoms with van der Waals surface area (Å²) in [4.78, 5) is 2.53. The average Bonchev–Trinajstić information content (AvgIpc) is 2.53. The number of nitrogens with zero attached hydrogens (tertiary/aromatic N) is 1. The van der Waals surface area contributed by atoms with Gasteiger partial charge in [0.15, 0.2) is 0 Å². The second-order valence-electron chi connectivity index (χ2n) is 7.08. The van der Waals surface area contributed by atoms with Crippen molar-refractivity contribution in [3.05, 3.63) is 0 Å². The van der Waals surface area contributed by atoms with Crippen LogP contribution in [0, 0.1) is 0 Å². The second-order valence-corrected chi connectivity index (χ2v) is 13.7. The first-order valence-corrected chi connectivity index (χ1v) is 15.4. The molecule has 8 heteroatoms. The summed E-state index contributed by atoms with van der Waals surface area (Å²) in [6.45, 7) is 19.9. The summed E-state index contributed by atoms with van der Waals surface area (Å²) >= 11 is 0. The molecule has 0 aromatic rings. The molecule has 1 N–H and O–H groups in total. The molecule has 1 heterocycles. The van der Waals surface area contributed by atoms with Gasteiger partial charge in [0.1, 0.15) is 0 Å². The fourth-order valence-electron chi connectivity index (χ4n) is 3.79. The molecular weight excluding hydrogens is 364 g/mol. The molecule has 1 aliphatic heterocycles. The Bertz CT molecular complexity index is 365. The highest BCUT2D eigenvalue weighted by Crippen LogP contribution is 2.28. The van der Waals surface area contributed by atoms with Gasteiger partial charge in [-0.3, -0.25) is 4.90 Å². The van der Waals surface area contributed by atoms with E-state index in [0.29, 0.717) is 5.67 Å². The van der Waals surface area contributed by atoms with Crippen molar-refractivity contribution < 1.29 is 17.7 Å². The Morgan fingerprint density at radius 3 is 1.92 bits per heavy atom. The van der Waals surface area contributed by atoms with Crippen molar-refractivity contribution in [2.24, 2.45) is 0 Å². The van der Waals surface area contributed by atoms with Gasteiger partial charge < -0.3 is 23.0 Å². The smallest absolute Gasteiger partial charge is 0.352 e. The molecule has 0 spiro atoms. The predicted octanol–water partition coefficient (Wildman–Crippen LogP) is 2.87. The molecule has 6 nitrogen and oxygen atoms in total. The molecule has 26 heavy (non-hydrogen) atoms. The first-order chi connectivity index (χ1) is 12.4. The van der Waals surface area contributed by atoms with E-state index in [2.05, 4.69) is 37.2 Å². The Labute approximate surface area is 163 Å². The molecule has 1 fully saturated rings. The van der Waals surface area contributed by atoms with Gasteiger partial charge in [0, 0.05) is 39.5 Å². The second kappa shape index (κ2) is 12.6. The summed E-state index contributed by atoms with van der Waals surface area (Å²) in [6.07, 6.45) is 2.31. The summed E-state index contributed by atoms with van der Waals surface area (Å²) in [7, 11) is -4.04. The van der Waals surface area contributed by atoms with Gasteiger partial charge in [0.05, 0.1) is 5.67 Å². The molecule has 1 aliphatic rings. The van der Waals surface area contributed by atoms with Crippen LogP contribution in [0.3, 0.4) is 0 Å². The van der Waals surface area contributed by atoms with Crippen molar-refractivity contribution >= 4 is 17.1 Å². The topological polar surface area (TPSA) is 52.2 Å². The van der Waals surface area contributed by atoms with Gasteiger partial charge >= 0.3 is 17.1 Å². The van der Waals surface area contributed by atoms with Crippen molar-refractivity contribution in [1.29, 1.82) is 0 Å².